The van der Waals surface area contributed by atoms with E-state index in [4.69, 9.17) is 10.5 Å². The lowest BCUT2D eigenvalue weighted by molar-refractivity contribution is -0.131. The third-order valence-corrected chi connectivity index (χ3v) is 2.71. The highest BCUT2D eigenvalue weighted by atomic mass is 19.1. The van der Waals surface area contributed by atoms with Gasteiger partial charge in [-0.05, 0) is 12.1 Å². The molecule has 0 aliphatic carbocycles. The van der Waals surface area contributed by atoms with Crippen molar-refractivity contribution in [3.05, 3.63) is 35.4 Å². The molecular weight excluding hydrogens is 254 g/mol. The molecule has 0 aromatic heterocycles. The van der Waals surface area contributed by atoms with Crippen LogP contribution in [0.3, 0.4) is 0 Å². The largest absolute Gasteiger partial charge is 0.383 e. The van der Waals surface area contributed by atoms with Gasteiger partial charge in [-0.15, -0.1) is 0 Å². The van der Waals surface area contributed by atoms with Crippen LogP contribution in [0, 0.1) is 11.6 Å². The first-order valence-electron chi connectivity index (χ1n) is 5.99. The lowest BCUT2D eigenvalue weighted by Crippen LogP contribution is -2.38. The van der Waals surface area contributed by atoms with Crippen molar-refractivity contribution in [2.45, 2.75) is 6.42 Å². The lowest BCUT2D eigenvalue weighted by Gasteiger charge is -2.21. The van der Waals surface area contributed by atoms with Crippen LogP contribution >= 0.6 is 0 Å². The topological polar surface area (TPSA) is 55.6 Å². The fraction of sp³-hybridized carbons (Fsp3) is 0.462. The number of hydrogen-bond acceptors (Lipinski definition) is 3. The molecule has 0 atom stereocenters. The van der Waals surface area contributed by atoms with Gasteiger partial charge in [-0.3, -0.25) is 4.79 Å². The fourth-order valence-corrected chi connectivity index (χ4v) is 1.68. The molecule has 4 nitrogen and oxygen atoms in total. The Hall–Kier alpha value is -1.53. The summed E-state index contributed by atoms with van der Waals surface area (Å²) in [7, 11) is 1.52. The van der Waals surface area contributed by atoms with Crippen molar-refractivity contribution in [3.8, 4) is 0 Å². The van der Waals surface area contributed by atoms with E-state index in [0.29, 0.717) is 19.7 Å². The highest BCUT2D eigenvalue weighted by Gasteiger charge is 2.17. The minimum Gasteiger partial charge on any atom is -0.383 e. The molecule has 1 aromatic rings. The number of hydrogen-bond donors (Lipinski definition) is 1. The van der Waals surface area contributed by atoms with Crippen LogP contribution in [-0.4, -0.2) is 44.2 Å². The maximum atomic E-state index is 13.5. The van der Waals surface area contributed by atoms with Gasteiger partial charge in [0.1, 0.15) is 11.6 Å². The van der Waals surface area contributed by atoms with Gasteiger partial charge in [0.25, 0.3) is 0 Å². The number of halogens is 2. The van der Waals surface area contributed by atoms with Crippen molar-refractivity contribution in [1.29, 1.82) is 0 Å². The van der Waals surface area contributed by atoms with E-state index in [1.54, 1.807) is 0 Å². The van der Waals surface area contributed by atoms with Crippen LogP contribution in [0.4, 0.5) is 8.78 Å². The molecule has 19 heavy (non-hydrogen) atoms. The number of ether oxygens (including phenoxy) is 1. The Morgan fingerprint density at radius 1 is 1.32 bits per heavy atom. The molecule has 1 rings (SSSR count). The zero-order chi connectivity index (χ0) is 14.3. The fourth-order valence-electron chi connectivity index (χ4n) is 1.68. The van der Waals surface area contributed by atoms with Crippen LogP contribution in [0.25, 0.3) is 0 Å². The average molecular weight is 272 g/mol. The molecule has 0 heterocycles. The number of carbonyl (C=O) groups excluding carboxylic acids is 1. The summed E-state index contributed by atoms with van der Waals surface area (Å²) in [6.45, 7) is 1.32. The van der Waals surface area contributed by atoms with Gasteiger partial charge in [0.15, 0.2) is 0 Å². The molecule has 0 spiro atoms. The number of carbonyl (C=O) groups is 1. The third kappa shape index (κ3) is 4.57. The van der Waals surface area contributed by atoms with Gasteiger partial charge in [0.2, 0.25) is 5.91 Å². The monoisotopic (exact) mass is 272 g/mol. The molecule has 0 saturated heterocycles. The predicted octanol–water partition coefficient (Wildman–Crippen LogP) is 0.941. The molecule has 0 bridgehead atoms. The van der Waals surface area contributed by atoms with Crippen molar-refractivity contribution in [1.82, 2.24) is 4.90 Å². The second kappa shape index (κ2) is 7.81. The summed E-state index contributed by atoms with van der Waals surface area (Å²) in [6, 6.07) is 3.53. The standard InChI is InChI=1S/C13H18F2N2O2/c1-19-8-7-17(6-5-16)13(18)9-10-11(14)3-2-4-12(10)15/h2-4H,5-9,16H2,1H3. The smallest absolute Gasteiger partial charge is 0.227 e. The van der Waals surface area contributed by atoms with Crippen molar-refractivity contribution in [3.63, 3.8) is 0 Å². The predicted molar refractivity (Wildman–Crippen MR) is 67.6 cm³/mol. The third-order valence-electron chi connectivity index (χ3n) is 2.71. The number of methoxy groups -OCH3 is 1. The highest BCUT2D eigenvalue weighted by Crippen LogP contribution is 2.13. The van der Waals surface area contributed by atoms with Crippen molar-refractivity contribution in [2.24, 2.45) is 5.73 Å². The lowest BCUT2D eigenvalue weighted by atomic mass is 10.1. The second-order valence-electron chi connectivity index (χ2n) is 4.04. The van der Waals surface area contributed by atoms with Crippen LogP contribution < -0.4 is 5.73 Å². The number of nitrogens with zero attached hydrogens (tertiary/aromatic N) is 1. The molecule has 2 N–H and O–H groups in total. The van der Waals surface area contributed by atoms with Crippen molar-refractivity contribution >= 4 is 5.91 Å². The summed E-state index contributed by atoms with van der Waals surface area (Å²) in [5.74, 6) is -1.80. The minimum atomic E-state index is -0.715. The van der Waals surface area contributed by atoms with Gasteiger partial charge in [0.05, 0.1) is 13.0 Å². The molecule has 0 fully saturated rings. The first-order chi connectivity index (χ1) is 9.10. The number of benzene rings is 1. The second-order valence-corrected chi connectivity index (χ2v) is 4.04. The summed E-state index contributed by atoms with van der Waals surface area (Å²) < 4.78 is 31.8. The summed E-state index contributed by atoms with van der Waals surface area (Å²) in [6.07, 6.45) is -0.317. The quantitative estimate of drug-likeness (QED) is 0.803. The summed E-state index contributed by atoms with van der Waals surface area (Å²) >= 11 is 0. The van der Waals surface area contributed by atoms with Crippen LogP contribution in [-0.2, 0) is 16.0 Å². The molecule has 106 valence electrons. The Morgan fingerprint density at radius 2 is 1.95 bits per heavy atom. The number of amides is 1. The normalized spacial score (nSPS) is 10.5. The summed E-state index contributed by atoms with van der Waals surface area (Å²) in [5, 5.41) is 0. The molecule has 0 saturated carbocycles. The minimum absolute atomic E-state index is 0.216. The first kappa shape index (κ1) is 15.5. The van der Waals surface area contributed by atoms with E-state index in [-0.39, 0.29) is 24.4 Å². The van der Waals surface area contributed by atoms with Gasteiger partial charge in [-0.25, -0.2) is 8.78 Å². The van der Waals surface area contributed by atoms with Gasteiger partial charge in [0, 0.05) is 32.3 Å². The Bertz CT molecular complexity index is 407. The molecule has 0 aliphatic heterocycles. The number of nitrogens with two attached hydrogens (primary N) is 1. The molecule has 0 aliphatic rings. The van der Waals surface area contributed by atoms with Crippen LogP contribution in [0.5, 0.6) is 0 Å². The van der Waals surface area contributed by atoms with E-state index < -0.39 is 11.6 Å². The average Bonchev–Trinajstić information content (AvgIpc) is 2.38. The van der Waals surface area contributed by atoms with Crippen LogP contribution in [0.1, 0.15) is 5.56 Å². The Balaban J connectivity index is 2.75. The maximum Gasteiger partial charge on any atom is 0.227 e. The van der Waals surface area contributed by atoms with E-state index in [9.17, 15) is 13.6 Å². The van der Waals surface area contributed by atoms with Crippen molar-refractivity contribution in [2.75, 3.05) is 33.4 Å². The van der Waals surface area contributed by atoms with Gasteiger partial charge >= 0.3 is 0 Å². The zero-order valence-corrected chi connectivity index (χ0v) is 10.9. The van der Waals surface area contributed by atoms with Gasteiger partial charge < -0.3 is 15.4 Å². The van der Waals surface area contributed by atoms with Crippen molar-refractivity contribution < 1.29 is 18.3 Å². The Morgan fingerprint density at radius 3 is 2.47 bits per heavy atom. The zero-order valence-electron chi connectivity index (χ0n) is 10.9. The van der Waals surface area contributed by atoms with Gasteiger partial charge in [-0.1, -0.05) is 6.07 Å². The van der Waals surface area contributed by atoms with Crippen LogP contribution in [0.2, 0.25) is 0 Å². The molecule has 0 unspecified atom stereocenters. The van der Waals surface area contributed by atoms with E-state index in [1.807, 2.05) is 0 Å². The first-order valence-corrected chi connectivity index (χ1v) is 5.99. The van der Waals surface area contributed by atoms with E-state index in [1.165, 1.54) is 18.1 Å². The molecule has 0 radical (unpaired) electrons. The Kier molecular flexibility index (Phi) is 6.38. The summed E-state index contributed by atoms with van der Waals surface area (Å²) in [4.78, 5) is 13.4. The van der Waals surface area contributed by atoms with Gasteiger partial charge in [-0.2, -0.15) is 0 Å². The Labute approximate surface area is 111 Å². The number of rotatable bonds is 7. The molecule has 6 heteroatoms. The molecule has 1 aromatic carbocycles. The van der Waals surface area contributed by atoms with E-state index in [2.05, 4.69) is 0 Å². The molecule has 1 amide bonds. The van der Waals surface area contributed by atoms with Crippen LogP contribution in [0.15, 0.2) is 18.2 Å². The summed E-state index contributed by atoms with van der Waals surface area (Å²) in [5.41, 5.74) is 5.19. The van der Waals surface area contributed by atoms with E-state index >= 15 is 0 Å². The maximum absolute atomic E-state index is 13.5. The highest BCUT2D eigenvalue weighted by molar-refractivity contribution is 5.78. The SMILES string of the molecule is COCCN(CCN)C(=O)Cc1c(F)cccc1F. The van der Waals surface area contributed by atoms with E-state index in [0.717, 1.165) is 12.1 Å². The molecular formula is C13H18F2N2O2.